The van der Waals surface area contributed by atoms with Crippen LogP contribution in [-0.4, -0.2) is 41.1 Å². The molecule has 6 nitrogen and oxygen atoms in total. The normalized spacial score (nSPS) is 28.6. The van der Waals surface area contributed by atoms with Gasteiger partial charge < -0.3 is 4.74 Å². The lowest BCUT2D eigenvalue weighted by atomic mass is 9.85. The van der Waals surface area contributed by atoms with Crippen LogP contribution in [0, 0.1) is 37.5 Å². The van der Waals surface area contributed by atoms with E-state index >= 15 is 0 Å². The molecule has 2 fully saturated rings. The molecule has 146 valence electrons. The topological polar surface area (TPSA) is 80.8 Å². The maximum absolute atomic E-state index is 12.8. The quantitative estimate of drug-likeness (QED) is 0.338. The fourth-order valence-corrected chi connectivity index (χ4v) is 4.67. The van der Waals surface area contributed by atoms with Crippen molar-refractivity contribution in [3.05, 3.63) is 47.0 Å². The SMILES string of the molecule is Cc1ccc(C(=O)COC(=O)[C@H](C)N2C(=O)[C@H]3[C@H](C2=O)[C@H]2C=C[C@H]3C2)cc1C. The summed E-state index contributed by atoms with van der Waals surface area (Å²) in [4.78, 5) is 51.3. The summed E-state index contributed by atoms with van der Waals surface area (Å²) in [6.07, 6.45) is 4.85. The third-order valence-corrected chi connectivity index (χ3v) is 6.41. The first kappa shape index (κ1) is 18.6. The maximum Gasteiger partial charge on any atom is 0.329 e. The number of ketones is 1. The number of amides is 2. The average molecular weight is 381 g/mol. The Kier molecular flexibility index (Phi) is 4.44. The van der Waals surface area contributed by atoms with Crippen molar-refractivity contribution in [3.8, 4) is 0 Å². The van der Waals surface area contributed by atoms with Gasteiger partial charge in [0.1, 0.15) is 6.04 Å². The molecular formula is C22H23NO5. The first-order valence-electron chi connectivity index (χ1n) is 9.62. The van der Waals surface area contributed by atoms with E-state index in [9.17, 15) is 19.2 Å². The van der Waals surface area contributed by atoms with Gasteiger partial charge in [0.2, 0.25) is 11.8 Å². The number of fused-ring (bicyclic) bond motifs is 5. The fourth-order valence-electron chi connectivity index (χ4n) is 4.67. The largest absolute Gasteiger partial charge is 0.456 e. The molecule has 5 atom stereocenters. The standard InChI is InChI=1S/C22H23NO5/c1-11-4-5-14(8-12(11)2)17(24)10-28-22(27)13(3)23-20(25)18-15-6-7-16(9-15)19(18)21(23)26/h4-8,13,15-16,18-19H,9-10H2,1-3H3/t13-,15-,16-,18+,19+/m0/s1. The summed E-state index contributed by atoms with van der Waals surface area (Å²) in [6.45, 7) is 4.92. The van der Waals surface area contributed by atoms with Crippen LogP contribution in [0.3, 0.4) is 0 Å². The van der Waals surface area contributed by atoms with Crippen molar-refractivity contribution in [2.24, 2.45) is 23.7 Å². The fraction of sp³-hybridized carbons (Fsp3) is 0.455. The number of nitrogens with zero attached hydrogens (tertiary/aromatic N) is 1. The molecule has 0 aromatic heterocycles. The zero-order valence-electron chi connectivity index (χ0n) is 16.2. The summed E-state index contributed by atoms with van der Waals surface area (Å²) >= 11 is 0. The molecule has 0 spiro atoms. The third kappa shape index (κ3) is 2.79. The smallest absolute Gasteiger partial charge is 0.329 e. The molecule has 1 saturated carbocycles. The van der Waals surface area contributed by atoms with Gasteiger partial charge in [-0.1, -0.05) is 24.3 Å². The molecule has 2 bridgehead atoms. The van der Waals surface area contributed by atoms with Crippen molar-refractivity contribution < 1.29 is 23.9 Å². The van der Waals surface area contributed by atoms with Crippen LogP contribution in [0.1, 0.15) is 34.8 Å². The van der Waals surface area contributed by atoms with Crippen molar-refractivity contribution in [2.45, 2.75) is 33.2 Å². The van der Waals surface area contributed by atoms with Crippen molar-refractivity contribution in [2.75, 3.05) is 6.61 Å². The lowest BCUT2D eigenvalue weighted by molar-refractivity contribution is -0.157. The molecule has 3 aliphatic rings. The number of hydrogen-bond donors (Lipinski definition) is 0. The van der Waals surface area contributed by atoms with Gasteiger partial charge in [0.15, 0.2) is 12.4 Å². The second-order valence-corrected chi connectivity index (χ2v) is 8.05. The Balaban J connectivity index is 1.40. The number of Topliss-reactive ketones (excluding diaryl/α,β-unsaturated/α-hetero) is 1. The monoisotopic (exact) mass is 381 g/mol. The molecule has 0 N–H and O–H groups in total. The number of rotatable bonds is 5. The van der Waals surface area contributed by atoms with Gasteiger partial charge in [0.25, 0.3) is 0 Å². The van der Waals surface area contributed by atoms with E-state index in [2.05, 4.69) is 0 Å². The molecule has 0 radical (unpaired) electrons. The molecule has 6 heteroatoms. The molecule has 1 heterocycles. The highest BCUT2D eigenvalue weighted by Gasteiger charge is 2.60. The number of likely N-dealkylation sites (tertiary alicyclic amines) is 1. The Morgan fingerprint density at radius 3 is 2.25 bits per heavy atom. The summed E-state index contributed by atoms with van der Waals surface area (Å²) in [7, 11) is 0. The van der Waals surface area contributed by atoms with Crippen molar-refractivity contribution in [3.63, 3.8) is 0 Å². The minimum Gasteiger partial charge on any atom is -0.456 e. The molecule has 28 heavy (non-hydrogen) atoms. The lowest BCUT2D eigenvalue weighted by Crippen LogP contribution is -2.45. The minimum atomic E-state index is -1.03. The summed E-state index contributed by atoms with van der Waals surface area (Å²) in [5.41, 5.74) is 2.52. The van der Waals surface area contributed by atoms with Crippen LogP contribution in [0.4, 0.5) is 0 Å². The molecule has 2 aliphatic carbocycles. The molecular weight excluding hydrogens is 358 g/mol. The van der Waals surface area contributed by atoms with E-state index in [0.717, 1.165) is 22.4 Å². The summed E-state index contributed by atoms with van der Waals surface area (Å²) < 4.78 is 5.14. The molecule has 2 amide bonds. The zero-order chi connectivity index (χ0) is 20.2. The van der Waals surface area contributed by atoms with Crippen LogP contribution in [0.15, 0.2) is 30.4 Å². The second kappa shape index (κ2) is 6.69. The number of carbonyl (C=O) groups excluding carboxylic acids is 4. The van der Waals surface area contributed by atoms with Crippen LogP contribution in [0.2, 0.25) is 0 Å². The third-order valence-electron chi connectivity index (χ3n) is 6.41. The highest BCUT2D eigenvalue weighted by Crippen LogP contribution is 2.52. The Morgan fingerprint density at radius 2 is 1.68 bits per heavy atom. The number of imide groups is 1. The Hall–Kier alpha value is -2.76. The first-order valence-corrected chi connectivity index (χ1v) is 9.62. The van der Waals surface area contributed by atoms with E-state index in [0.29, 0.717) is 5.56 Å². The summed E-state index contributed by atoms with van der Waals surface area (Å²) in [5.74, 6) is -2.17. The van der Waals surface area contributed by atoms with Crippen LogP contribution in [0.25, 0.3) is 0 Å². The van der Waals surface area contributed by atoms with Gasteiger partial charge in [-0.15, -0.1) is 0 Å². The first-order chi connectivity index (χ1) is 13.3. The predicted molar refractivity (Wildman–Crippen MR) is 100 cm³/mol. The van der Waals surface area contributed by atoms with E-state index in [1.165, 1.54) is 6.92 Å². The predicted octanol–water partition coefficient (Wildman–Crippen LogP) is 2.22. The second-order valence-electron chi connectivity index (χ2n) is 8.05. The molecule has 1 aromatic rings. The van der Waals surface area contributed by atoms with Gasteiger partial charge in [0, 0.05) is 5.56 Å². The molecule has 1 aliphatic heterocycles. The summed E-state index contributed by atoms with van der Waals surface area (Å²) in [6, 6.07) is 4.26. The number of carbonyl (C=O) groups is 4. The number of allylic oxidation sites excluding steroid dienone is 2. The van der Waals surface area contributed by atoms with E-state index in [4.69, 9.17) is 4.74 Å². The highest BCUT2D eigenvalue weighted by atomic mass is 16.5. The Bertz CT molecular complexity index is 888. The number of hydrogen-bond acceptors (Lipinski definition) is 5. The van der Waals surface area contributed by atoms with Crippen molar-refractivity contribution >= 4 is 23.6 Å². The Morgan fingerprint density at radius 1 is 1.07 bits per heavy atom. The van der Waals surface area contributed by atoms with E-state index in [-0.39, 0.29) is 41.3 Å². The number of aryl methyl sites for hydroxylation is 2. The molecule has 1 saturated heterocycles. The van der Waals surface area contributed by atoms with Crippen LogP contribution >= 0.6 is 0 Å². The number of esters is 1. The van der Waals surface area contributed by atoms with Gasteiger partial charge in [-0.2, -0.15) is 0 Å². The van der Waals surface area contributed by atoms with E-state index < -0.39 is 18.6 Å². The van der Waals surface area contributed by atoms with Gasteiger partial charge in [-0.05, 0) is 56.2 Å². The van der Waals surface area contributed by atoms with E-state index in [1.807, 2.05) is 32.1 Å². The average Bonchev–Trinajstić information content (AvgIpc) is 3.35. The number of ether oxygens (including phenoxy) is 1. The van der Waals surface area contributed by atoms with Gasteiger partial charge in [-0.3, -0.25) is 19.3 Å². The minimum absolute atomic E-state index is 0.0889. The van der Waals surface area contributed by atoms with Crippen molar-refractivity contribution in [1.29, 1.82) is 0 Å². The van der Waals surface area contributed by atoms with Crippen LogP contribution in [0.5, 0.6) is 0 Å². The molecule has 1 aromatic carbocycles. The Labute approximate surface area is 163 Å². The maximum atomic E-state index is 12.8. The van der Waals surface area contributed by atoms with Gasteiger partial charge >= 0.3 is 5.97 Å². The molecule has 4 rings (SSSR count). The van der Waals surface area contributed by atoms with Crippen LogP contribution in [-0.2, 0) is 19.1 Å². The van der Waals surface area contributed by atoms with Gasteiger partial charge in [-0.25, -0.2) is 4.79 Å². The molecule has 0 unspecified atom stereocenters. The van der Waals surface area contributed by atoms with Crippen LogP contribution < -0.4 is 0 Å². The highest BCUT2D eigenvalue weighted by molar-refractivity contribution is 6.09. The summed E-state index contributed by atoms with van der Waals surface area (Å²) in [5, 5.41) is 0. The zero-order valence-corrected chi connectivity index (χ0v) is 16.2. The van der Waals surface area contributed by atoms with Crippen molar-refractivity contribution in [1.82, 2.24) is 4.90 Å². The number of benzene rings is 1. The van der Waals surface area contributed by atoms with E-state index in [1.54, 1.807) is 12.1 Å². The lowest BCUT2D eigenvalue weighted by Gasteiger charge is -2.23. The van der Waals surface area contributed by atoms with Gasteiger partial charge in [0.05, 0.1) is 11.8 Å².